The zero-order valence-electron chi connectivity index (χ0n) is 23.5. The Hall–Kier alpha value is -5.58. The van der Waals surface area contributed by atoms with E-state index in [0.717, 1.165) is 71.7 Å². The molecule has 3 aromatic heterocycles. The van der Waals surface area contributed by atoms with Gasteiger partial charge in [-0.1, -0.05) is 78.9 Å². The first-order valence-electron chi connectivity index (χ1n) is 14.8. The van der Waals surface area contributed by atoms with Gasteiger partial charge in [0.1, 0.15) is 22.3 Å². The molecule has 0 bridgehead atoms. The van der Waals surface area contributed by atoms with Crippen molar-refractivity contribution in [2.75, 3.05) is 4.90 Å². The molecule has 0 aliphatic rings. The van der Waals surface area contributed by atoms with Crippen LogP contribution in [0.25, 0.3) is 74.8 Å². The molecule has 0 spiro atoms. The van der Waals surface area contributed by atoms with Crippen LogP contribution in [0.5, 0.6) is 0 Å². The van der Waals surface area contributed by atoms with Gasteiger partial charge in [0.15, 0.2) is 0 Å². The predicted molar refractivity (Wildman–Crippen MR) is 186 cm³/mol. The van der Waals surface area contributed by atoms with Crippen LogP contribution in [0.2, 0.25) is 0 Å². The Morgan fingerprint density at radius 3 is 1.82 bits per heavy atom. The molecule has 44 heavy (non-hydrogen) atoms. The highest BCUT2D eigenvalue weighted by molar-refractivity contribution is 7.25. The smallest absolute Gasteiger partial charge is 0.143 e. The minimum atomic E-state index is 0.872. The van der Waals surface area contributed by atoms with Crippen LogP contribution in [0, 0.1) is 0 Å². The maximum Gasteiger partial charge on any atom is 0.143 e. The molecule has 0 saturated heterocycles. The van der Waals surface area contributed by atoms with Crippen LogP contribution in [-0.2, 0) is 0 Å². The Labute approximate surface area is 255 Å². The number of fused-ring (bicyclic) bond motifs is 11. The largest absolute Gasteiger partial charge is 0.456 e. The number of hydrogen-bond donors (Lipinski definition) is 0. The number of para-hydroxylation sites is 2. The fourth-order valence-corrected chi connectivity index (χ4v) is 7.99. The van der Waals surface area contributed by atoms with E-state index in [0.29, 0.717) is 0 Å². The van der Waals surface area contributed by atoms with E-state index in [1.807, 2.05) is 35.6 Å². The average Bonchev–Trinajstić information content (AvgIpc) is 3.75. The highest BCUT2D eigenvalue weighted by Crippen LogP contribution is 2.45. The lowest BCUT2D eigenvalue weighted by Crippen LogP contribution is -2.10. The number of thiophene rings is 1. The Balaban J connectivity index is 1.26. The second kappa shape index (κ2) is 8.96. The highest BCUT2D eigenvalue weighted by Gasteiger charge is 2.20. The summed E-state index contributed by atoms with van der Waals surface area (Å²) in [4.78, 5) is 2.35. The van der Waals surface area contributed by atoms with E-state index in [1.54, 1.807) is 0 Å². The van der Waals surface area contributed by atoms with Crippen LogP contribution in [0.3, 0.4) is 0 Å². The summed E-state index contributed by atoms with van der Waals surface area (Å²) in [7, 11) is 0. The minimum Gasteiger partial charge on any atom is -0.456 e. The van der Waals surface area contributed by atoms with E-state index >= 15 is 0 Å². The lowest BCUT2D eigenvalue weighted by Gasteiger charge is -2.27. The van der Waals surface area contributed by atoms with Gasteiger partial charge in [0.2, 0.25) is 0 Å². The van der Waals surface area contributed by atoms with E-state index in [4.69, 9.17) is 8.83 Å². The Morgan fingerprint density at radius 1 is 0.386 bits per heavy atom. The molecule has 0 N–H and O–H groups in total. The molecule has 10 aromatic rings. The molecule has 4 heteroatoms. The maximum atomic E-state index is 6.46. The topological polar surface area (TPSA) is 29.5 Å². The Morgan fingerprint density at radius 2 is 0.955 bits per heavy atom. The molecule has 0 unspecified atom stereocenters. The highest BCUT2D eigenvalue weighted by atomic mass is 32.1. The van der Waals surface area contributed by atoms with Crippen LogP contribution in [0.4, 0.5) is 17.1 Å². The molecule has 206 valence electrons. The van der Waals surface area contributed by atoms with Crippen LogP contribution in [0.1, 0.15) is 0 Å². The lowest BCUT2D eigenvalue weighted by atomic mass is 10.0. The number of hydrogen-bond acceptors (Lipinski definition) is 4. The van der Waals surface area contributed by atoms with Gasteiger partial charge in [-0.15, -0.1) is 11.3 Å². The van der Waals surface area contributed by atoms with Crippen LogP contribution >= 0.6 is 11.3 Å². The Bertz CT molecular complexity index is 2630. The van der Waals surface area contributed by atoms with Crippen molar-refractivity contribution in [2.24, 2.45) is 0 Å². The zero-order valence-corrected chi connectivity index (χ0v) is 24.3. The quantitative estimate of drug-likeness (QED) is 0.208. The summed E-state index contributed by atoms with van der Waals surface area (Å²) in [6.45, 7) is 0. The number of anilines is 3. The number of benzene rings is 7. The third kappa shape index (κ3) is 3.37. The van der Waals surface area contributed by atoms with Gasteiger partial charge in [-0.3, -0.25) is 0 Å². The van der Waals surface area contributed by atoms with E-state index < -0.39 is 0 Å². The number of nitrogens with zero attached hydrogens (tertiary/aromatic N) is 1. The molecule has 0 radical (unpaired) electrons. The molecule has 3 heterocycles. The second-order valence-corrected chi connectivity index (χ2v) is 12.4. The summed E-state index contributed by atoms with van der Waals surface area (Å²) in [5.41, 5.74) is 6.81. The normalized spacial score (nSPS) is 12.1. The molecule has 0 amide bonds. The molecule has 0 aliphatic heterocycles. The van der Waals surface area contributed by atoms with Gasteiger partial charge < -0.3 is 13.7 Å². The summed E-state index contributed by atoms with van der Waals surface area (Å²) in [6.07, 6.45) is 0. The van der Waals surface area contributed by atoms with Crippen LogP contribution < -0.4 is 4.90 Å². The monoisotopic (exact) mass is 581 g/mol. The first kappa shape index (κ1) is 23.9. The summed E-state index contributed by atoms with van der Waals surface area (Å²) in [5, 5.41) is 9.31. The molecule has 0 aliphatic carbocycles. The lowest BCUT2D eigenvalue weighted by molar-refractivity contribution is 0.669. The SMILES string of the molecule is c1ccc2c(c1)oc1cc(N(c3ccc4c(c3)sc3ccccc34)c3cccc4c3ccc3c5ccccc5oc43)ccc12. The summed E-state index contributed by atoms with van der Waals surface area (Å²) >= 11 is 1.84. The van der Waals surface area contributed by atoms with E-state index in [2.05, 4.69) is 120 Å². The van der Waals surface area contributed by atoms with Gasteiger partial charge in [-0.25, -0.2) is 0 Å². The molecule has 7 aromatic carbocycles. The molecule has 0 saturated carbocycles. The summed E-state index contributed by atoms with van der Waals surface area (Å²) in [5.74, 6) is 0. The predicted octanol–water partition coefficient (Wildman–Crippen LogP) is 12.5. The van der Waals surface area contributed by atoms with Crippen molar-refractivity contribution in [1.82, 2.24) is 0 Å². The van der Waals surface area contributed by atoms with E-state index in [9.17, 15) is 0 Å². The van der Waals surface area contributed by atoms with Crippen molar-refractivity contribution in [3.05, 3.63) is 140 Å². The van der Waals surface area contributed by atoms with Gasteiger partial charge in [0.05, 0.1) is 5.69 Å². The van der Waals surface area contributed by atoms with Gasteiger partial charge in [-0.2, -0.15) is 0 Å². The third-order valence-electron chi connectivity index (χ3n) is 8.86. The standard InChI is InChI=1S/C40H23NO2S/c1-4-13-35-27(8-1)29-18-16-24(22-37(29)42-35)41(25-17-19-31-30-10-3-6-15-38(30)44-39(31)23-25)34-12-7-11-32-26(34)20-21-33-28-9-2-5-14-36(28)43-40(32)33/h1-23H. The first-order chi connectivity index (χ1) is 21.8. The van der Waals surface area contributed by atoms with Crippen molar-refractivity contribution in [3.8, 4) is 0 Å². The van der Waals surface area contributed by atoms with Gasteiger partial charge >= 0.3 is 0 Å². The minimum absolute atomic E-state index is 0.872. The van der Waals surface area contributed by atoms with Crippen molar-refractivity contribution in [2.45, 2.75) is 0 Å². The first-order valence-corrected chi connectivity index (χ1v) is 15.6. The van der Waals surface area contributed by atoms with Crippen molar-refractivity contribution >= 4 is 103 Å². The molecule has 10 rings (SSSR count). The summed E-state index contributed by atoms with van der Waals surface area (Å²) in [6, 6.07) is 49.5. The number of furan rings is 2. The van der Waals surface area contributed by atoms with Crippen molar-refractivity contribution < 1.29 is 8.83 Å². The van der Waals surface area contributed by atoms with Gasteiger partial charge in [0, 0.05) is 69.9 Å². The average molecular weight is 582 g/mol. The zero-order chi connectivity index (χ0) is 28.8. The van der Waals surface area contributed by atoms with Crippen molar-refractivity contribution in [3.63, 3.8) is 0 Å². The molecule has 0 fully saturated rings. The Kier molecular flexibility index (Phi) is 4.87. The maximum absolute atomic E-state index is 6.46. The van der Waals surface area contributed by atoms with Gasteiger partial charge in [-0.05, 0) is 54.6 Å². The number of rotatable bonds is 3. The van der Waals surface area contributed by atoms with Crippen molar-refractivity contribution in [1.29, 1.82) is 0 Å². The second-order valence-electron chi connectivity index (χ2n) is 11.3. The van der Waals surface area contributed by atoms with E-state index in [1.165, 1.54) is 20.2 Å². The molecule has 3 nitrogen and oxygen atoms in total. The molecular weight excluding hydrogens is 559 g/mol. The summed E-state index contributed by atoms with van der Waals surface area (Å²) < 4.78 is 15.4. The van der Waals surface area contributed by atoms with Gasteiger partial charge in [0.25, 0.3) is 0 Å². The fourth-order valence-electron chi connectivity index (χ4n) is 6.85. The molecular formula is C40H23NO2S. The van der Waals surface area contributed by atoms with Crippen LogP contribution in [-0.4, -0.2) is 0 Å². The fraction of sp³-hybridized carbons (Fsp3) is 0. The third-order valence-corrected chi connectivity index (χ3v) is 9.99. The molecule has 0 atom stereocenters. The van der Waals surface area contributed by atoms with Crippen LogP contribution in [0.15, 0.2) is 148 Å². The van der Waals surface area contributed by atoms with E-state index in [-0.39, 0.29) is 0 Å².